The first-order valence-electron chi connectivity index (χ1n) is 8.80. The van der Waals surface area contributed by atoms with Crippen LogP contribution in [0.4, 0.5) is 19.0 Å². The van der Waals surface area contributed by atoms with Gasteiger partial charge in [-0.1, -0.05) is 23.7 Å². The monoisotopic (exact) mass is 398 g/mol. The van der Waals surface area contributed by atoms with Crippen molar-refractivity contribution < 1.29 is 18.0 Å². The van der Waals surface area contributed by atoms with Crippen LogP contribution in [-0.2, 0) is 0 Å². The van der Waals surface area contributed by atoms with Crippen LogP contribution in [0.25, 0.3) is 0 Å². The molecule has 0 saturated carbocycles. The van der Waals surface area contributed by atoms with Crippen LogP contribution in [0.3, 0.4) is 0 Å². The number of nitrogens with zero attached hydrogens (tertiary/aromatic N) is 3. The van der Waals surface area contributed by atoms with Gasteiger partial charge in [0, 0.05) is 30.6 Å². The molecule has 2 atom stereocenters. The predicted octanol–water partition coefficient (Wildman–Crippen LogP) is 4.43. The summed E-state index contributed by atoms with van der Waals surface area (Å²) in [4.78, 5) is 14.2. The van der Waals surface area contributed by atoms with Crippen molar-refractivity contribution in [3.63, 3.8) is 0 Å². The van der Waals surface area contributed by atoms with E-state index in [0.717, 1.165) is 17.5 Å². The number of benzene rings is 1. The fourth-order valence-corrected chi connectivity index (χ4v) is 3.80. The van der Waals surface area contributed by atoms with Gasteiger partial charge in [-0.2, -0.15) is 18.3 Å². The van der Waals surface area contributed by atoms with E-state index in [-0.39, 0.29) is 23.8 Å². The molecule has 2 aliphatic heterocycles. The average Bonchev–Trinajstić information content (AvgIpc) is 3.29. The molecule has 1 fully saturated rings. The van der Waals surface area contributed by atoms with Gasteiger partial charge in [-0.3, -0.25) is 4.79 Å². The van der Waals surface area contributed by atoms with E-state index < -0.39 is 18.3 Å². The average molecular weight is 399 g/mol. The number of hydrogen-bond acceptors (Lipinski definition) is 3. The summed E-state index contributed by atoms with van der Waals surface area (Å²) in [5.74, 6) is -0.119. The molecule has 0 bridgehead atoms. The summed E-state index contributed by atoms with van der Waals surface area (Å²) in [5, 5.41) is 7.61. The van der Waals surface area contributed by atoms with Crippen LogP contribution >= 0.6 is 11.6 Å². The zero-order chi connectivity index (χ0) is 19.2. The van der Waals surface area contributed by atoms with Crippen LogP contribution in [0.1, 0.15) is 47.4 Å². The van der Waals surface area contributed by atoms with Crippen LogP contribution < -0.4 is 5.32 Å². The summed E-state index contributed by atoms with van der Waals surface area (Å²) < 4.78 is 41.9. The molecule has 1 amide bonds. The van der Waals surface area contributed by atoms with Gasteiger partial charge in [0.2, 0.25) is 0 Å². The number of nitrogens with one attached hydrogen (secondary N) is 1. The molecule has 1 saturated heterocycles. The number of carbonyl (C=O) groups is 1. The van der Waals surface area contributed by atoms with E-state index in [9.17, 15) is 18.0 Å². The van der Waals surface area contributed by atoms with Gasteiger partial charge in [0.1, 0.15) is 5.82 Å². The zero-order valence-corrected chi connectivity index (χ0v) is 15.1. The summed E-state index contributed by atoms with van der Waals surface area (Å²) >= 11 is 5.88. The van der Waals surface area contributed by atoms with Gasteiger partial charge in [0.05, 0.1) is 6.04 Å². The number of amides is 1. The van der Waals surface area contributed by atoms with Gasteiger partial charge in [-0.05, 0) is 30.5 Å². The molecule has 1 aromatic carbocycles. The van der Waals surface area contributed by atoms with E-state index in [2.05, 4.69) is 10.4 Å². The molecule has 3 heterocycles. The summed E-state index contributed by atoms with van der Waals surface area (Å²) in [5.41, 5.74) is 0.749. The lowest BCUT2D eigenvalue weighted by Crippen LogP contribution is -2.36. The Hall–Kier alpha value is -2.22. The van der Waals surface area contributed by atoms with Crippen molar-refractivity contribution in [1.82, 2.24) is 14.7 Å². The van der Waals surface area contributed by atoms with E-state index in [0.29, 0.717) is 23.7 Å². The lowest BCUT2D eigenvalue weighted by atomic mass is 9.97. The standard InChI is InChI=1S/C18H18ClF3N4O/c19-12-5-3-11(4-6-12)13-9-15(18(20,21)22)26-16(23-13)10-14(24-26)17(27)25-7-1-2-8-25/h3-6,10,13,15,23H,1-2,7-9H2/t13-,15+/m0/s1. The van der Waals surface area contributed by atoms with E-state index in [1.165, 1.54) is 6.07 Å². The molecule has 5 nitrogen and oxygen atoms in total. The first kappa shape index (κ1) is 18.2. The van der Waals surface area contributed by atoms with E-state index >= 15 is 0 Å². The number of fused-ring (bicyclic) bond motifs is 1. The topological polar surface area (TPSA) is 50.2 Å². The van der Waals surface area contributed by atoms with E-state index in [1.54, 1.807) is 29.2 Å². The van der Waals surface area contributed by atoms with Crippen molar-refractivity contribution in [2.24, 2.45) is 0 Å². The minimum atomic E-state index is -4.47. The van der Waals surface area contributed by atoms with Crippen LogP contribution in [-0.4, -0.2) is 39.9 Å². The Labute approximate surface area is 159 Å². The quantitative estimate of drug-likeness (QED) is 0.814. The van der Waals surface area contributed by atoms with Crippen LogP contribution in [0.5, 0.6) is 0 Å². The van der Waals surface area contributed by atoms with Crippen molar-refractivity contribution in [1.29, 1.82) is 0 Å². The Bertz CT molecular complexity index is 843. The summed E-state index contributed by atoms with van der Waals surface area (Å²) in [7, 11) is 0. The van der Waals surface area contributed by atoms with Gasteiger partial charge < -0.3 is 10.2 Å². The summed E-state index contributed by atoms with van der Waals surface area (Å²) in [6.07, 6.45) is -2.87. The molecule has 27 heavy (non-hydrogen) atoms. The number of alkyl halides is 3. The lowest BCUT2D eigenvalue weighted by molar-refractivity contribution is -0.173. The Morgan fingerprint density at radius 2 is 1.85 bits per heavy atom. The zero-order valence-electron chi connectivity index (χ0n) is 14.3. The van der Waals surface area contributed by atoms with Crippen molar-refractivity contribution in [2.75, 3.05) is 18.4 Å². The number of likely N-dealkylation sites (tertiary alicyclic amines) is 1. The molecular formula is C18H18ClF3N4O. The molecule has 0 radical (unpaired) electrons. The summed E-state index contributed by atoms with van der Waals surface area (Å²) in [6, 6.07) is 5.78. The SMILES string of the molecule is O=C(c1cc2n(n1)[C@@H](C(F)(F)F)C[C@@H](c1ccc(Cl)cc1)N2)N1CCCC1. The second-order valence-electron chi connectivity index (χ2n) is 6.90. The lowest BCUT2D eigenvalue weighted by Gasteiger charge is -2.33. The van der Waals surface area contributed by atoms with Gasteiger partial charge in [-0.15, -0.1) is 0 Å². The van der Waals surface area contributed by atoms with Crippen molar-refractivity contribution in [3.8, 4) is 0 Å². The number of halogens is 4. The third-order valence-electron chi connectivity index (χ3n) is 5.07. The first-order valence-corrected chi connectivity index (χ1v) is 9.18. The Kier molecular flexibility index (Phi) is 4.53. The number of aromatic nitrogens is 2. The molecule has 4 rings (SSSR count). The predicted molar refractivity (Wildman–Crippen MR) is 94.9 cm³/mol. The van der Waals surface area contributed by atoms with Crippen LogP contribution in [0, 0.1) is 0 Å². The Balaban J connectivity index is 1.67. The Morgan fingerprint density at radius 1 is 1.19 bits per heavy atom. The van der Waals surface area contributed by atoms with Crippen LogP contribution in [0.2, 0.25) is 5.02 Å². The highest BCUT2D eigenvalue weighted by Gasteiger charge is 2.47. The first-order chi connectivity index (χ1) is 12.8. The van der Waals surface area contributed by atoms with Gasteiger partial charge in [0.15, 0.2) is 11.7 Å². The van der Waals surface area contributed by atoms with Gasteiger partial charge >= 0.3 is 6.18 Å². The smallest absolute Gasteiger partial charge is 0.363 e. The molecular weight excluding hydrogens is 381 g/mol. The minimum Gasteiger partial charge on any atom is -0.363 e. The van der Waals surface area contributed by atoms with Gasteiger partial charge in [0.25, 0.3) is 5.91 Å². The molecule has 2 aromatic rings. The second kappa shape index (κ2) is 6.74. The molecule has 1 aromatic heterocycles. The largest absolute Gasteiger partial charge is 0.410 e. The third-order valence-corrected chi connectivity index (χ3v) is 5.33. The van der Waals surface area contributed by atoms with Crippen LogP contribution in [0.15, 0.2) is 30.3 Å². The highest BCUT2D eigenvalue weighted by Crippen LogP contribution is 2.43. The molecule has 1 N–H and O–H groups in total. The highest BCUT2D eigenvalue weighted by molar-refractivity contribution is 6.30. The van der Waals surface area contributed by atoms with E-state index in [4.69, 9.17) is 11.6 Å². The molecule has 2 aliphatic rings. The van der Waals surface area contributed by atoms with Gasteiger partial charge in [-0.25, -0.2) is 4.68 Å². The molecule has 0 aliphatic carbocycles. The molecule has 144 valence electrons. The van der Waals surface area contributed by atoms with Crippen molar-refractivity contribution in [3.05, 3.63) is 46.6 Å². The normalized spacial score (nSPS) is 22.4. The maximum Gasteiger partial charge on any atom is 0.410 e. The Morgan fingerprint density at radius 3 is 2.48 bits per heavy atom. The summed E-state index contributed by atoms with van der Waals surface area (Å²) in [6.45, 7) is 1.23. The fraction of sp³-hybridized carbons (Fsp3) is 0.444. The third kappa shape index (κ3) is 3.50. The number of rotatable bonds is 2. The second-order valence-corrected chi connectivity index (χ2v) is 7.34. The fourth-order valence-electron chi connectivity index (χ4n) is 3.67. The maximum atomic E-state index is 13.7. The molecule has 0 spiro atoms. The van der Waals surface area contributed by atoms with Crippen molar-refractivity contribution >= 4 is 23.3 Å². The molecule has 0 unspecified atom stereocenters. The van der Waals surface area contributed by atoms with E-state index in [1.807, 2.05) is 0 Å². The number of carbonyl (C=O) groups excluding carboxylic acids is 1. The number of hydrogen-bond donors (Lipinski definition) is 1. The molecule has 9 heteroatoms. The highest BCUT2D eigenvalue weighted by atomic mass is 35.5. The number of anilines is 1. The minimum absolute atomic E-state index is 0.0467. The maximum absolute atomic E-state index is 13.7. The van der Waals surface area contributed by atoms with Crippen molar-refractivity contribution in [2.45, 2.75) is 37.5 Å².